The molecule has 12 nitrogen and oxygen atoms in total. The van der Waals surface area contributed by atoms with Crippen LogP contribution in [-0.4, -0.2) is 61.0 Å². The molecule has 1 amide bonds. The highest BCUT2D eigenvalue weighted by atomic mass is 79.9. The van der Waals surface area contributed by atoms with Crippen LogP contribution in [0, 0.1) is 10.1 Å². The molecule has 4 rings (SSSR count). The number of amides is 1. The number of hydrogen-bond donors (Lipinski definition) is 0. The van der Waals surface area contributed by atoms with Gasteiger partial charge < -0.3 is 9.47 Å². The van der Waals surface area contributed by atoms with Gasteiger partial charge in [0.25, 0.3) is 15.7 Å². The standard InChI is InChI=1S/C24H24BrN3O9S/c1-4-36-21(30)24(22(31)37-5-2)14-23(25)18-12-11-16(28(32)33)13-19(18)27(20(23)26(24)15(3)29)38(34,35)17-9-7-6-8-10-17/h6-13,20H,4-5,14H2,1-3H3/t20-,23-/m1/s1. The summed E-state index contributed by atoms with van der Waals surface area (Å²) in [6.45, 7) is 3.88. The van der Waals surface area contributed by atoms with Gasteiger partial charge in [0.05, 0.1) is 33.0 Å². The zero-order chi connectivity index (χ0) is 28.0. The summed E-state index contributed by atoms with van der Waals surface area (Å²) in [4.78, 5) is 51.8. The molecular weight excluding hydrogens is 586 g/mol. The van der Waals surface area contributed by atoms with E-state index < -0.39 is 55.2 Å². The molecule has 0 N–H and O–H groups in total. The molecule has 38 heavy (non-hydrogen) atoms. The summed E-state index contributed by atoms with van der Waals surface area (Å²) in [5, 5.41) is 11.6. The van der Waals surface area contributed by atoms with Crippen molar-refractivity contribution in [3.63, 3.8) is 0 Å². The molecule has 0 aromatic heterocycles. The van der Waals surface area contributed by atoms with Crippen LogP contribution in [0.2, 0.25) is 0 Å². The number of nitro groups is 1. The van der Waals surface area contributed by atoms with Gasteiger partial charge in [-0.05, 0) is 37.6 Å². The number of ether oxygens (including phenoxy) is 2. The number of non-ortho nitro benzene ring substituents is 1. The molecule has 0 bridgehead atoms. The Hall–Kier alpha value is -3.52. The van der Waals surface area contributed by atoms with Gasteiger partial charge in [-0.2, -0.15) is 0 Å². The largest absolute Gasteiger partial charge is 0.464 e. The second kappa shape index (κ2) is 9.66. The molecule has 14 heteroatoms. The van der Waals surface area contributed by atoms with Crippen molar-refractivity contribution in [2.75, 3.05) is 17.5 Å². The third kappa shape index (κ3) is 3.85. The molecule has 2 atom stereocenters. The fourth-order valence-electron chi connectivity index (χ4n) is 5.12. The lowest BCUT2D eigenvalue weighted by Crippen LogP contribution is -2.64. The summed E-state index contributed by atoms with van der Waals surface area (Å²) >= 11 is 3.58. The molecule has 2 aliphatic rings. The Kier molecular flexibility index (Phi) is 6.99. The van der Waals surface area contributed by atoms with E-state index in [2.05, 4.69) is 15.9 Å². The molecule has 2 aliphatic heterocycles. The lowest BCUT2D eigenvalue weighted by Gasteiger charge is -2.39. The van der Waals surface area contributed by atoms with Gasteiger partial charge in [-0.25, -0.2) is 22.3 Å². The molecule has 202 valence electrons. The second-order valence-corrected chi connectivity index (χ2v) is 11.9. The Labute approximate surface area is 226 Å². The van der Waals surface area contributed by atoms with Crippen molar-refractivity contribution < 1.29 is 37.2 Å². The Balaban J connectivity index is 2.08. The van der Waals surface area contributed by atoms with Gasteiger partial charge in [-0.15, -0.1) is 0 Å². The van der Waals surface area contributed by atoms with Crippen molar-refractivity contribution in [3.8, 4) is 0 Å². The molecule has 2 aromatic rings. The van der Waals surface area contributed by atoms with Crippen LogP contribution in [0.5, 0.6) is 0 Å². The predicted octanol–water partition coefficient (Wildman–Crippen LogP) is 2.84. The van der Waals surface area contributed by atoms with E-state index in [0.29, 0.717) is 0 Å². The minimum absolute atomic E-state index is 0.0718. The van der Waals surface area contributed by atoms with Crippen LogP contribution in [0.4, 0.5) is 11.4 Å². The number of hydrogen-bond acceptors (Lipinski definition) is 9. The molecule has 0 saturated carbocycles. The number of alkyl halides is 1. The number of carbonyl (C=O) groups excluding carboxylic acids is 3. The van der Waals surface area contributed by atoms with Gasteiger partial charge in [-0.3, -0.25) is 19.8 Å². The normalized spacial score (nSPS) is 21.4. The summed E-state index contributed by atoms with van der Waals surface area (Å²) in [5.41, 5.74) is -2.56. The van der Waals surface area contributed by atoms with E-state index in [-0.39, 0.29) is 35.0 Å². The molecule has 0 aliphatic carbocycles. The summed E-state index contributed by atoms with van der Waals surface area (Å²) in [5.74, 6) is -2.97. The summed E-state index contributed by atoms with van der Waals surface area (Å²) in [6, 6.07) is 10.9. The maximum atomic E-state index is 14.1. The number of benzene rings is 2. The average molecular weight is 610 g/mol. The first-order valence-electron chi connectivity index (χ1n) is 11.6. The summed E-state index contributed by atoms with van der Waals surface area (Å²) in [7, 11) is -4.50. The van der Waals surface area contributed by atoms with Crippen molar-refractivity contribution >= 4 is 55.2 Å². The van der Waals surface area contributed by atoms with Gasteiger partial charge in [0, 0.05) is 25.5 Å². The molecule has 2 aromatic carbocycles. The number of anilines is 1. The molecule has 0 radical (unpaired) electrons. The van der Waals surface area contributed by atoms with Crippen LogP contribution in [0.25, 0.3) is 0 Å². The molecule has 0 spiro atoms. The third-order valence-corrected chi connectivity index (χ3v) is 9.44. The van der Waals surface area contributed by atoms with Gasteiger partial charge in [-0.1, -0.05) is 34.1 Å². The Morgan fingerprint density at radius 2 is 1.66 bits per heavy atom. The topological polar surface area (TPSA) is 153 Å². The van der Waals surface area contributed by atoms with Crippen LogP contribution in [0.3, 0.4) is 0 Å². The zero-order valence-corrected chi connectivity index (χ0v) is 23.0. The fraction of sp³-hybridized carbons (Fsp3) is 0.375. The first-order chi connectivity index (χ1) is 17.9. The van der Waals surface area contributed by atoms with E-state index in [1.54, 1.807) is 6.07 Å². The van der Waals surface area contributed by atoms with Crippen molar-refractivity contribution in [2.45, 2.75) is 48.1 Å². The quantitative estimate of drug-likeness (QED) is 0.151. The average Bonchev–Trinajstić information content (AvgIpc) is 3.29. The monoisotopic (exact) mass is 609 g/mol. The number of likely N-dealkylation sites (tertiary alicyclic amines) is 1. The highest BCUT2D eigenvalue weighted by Gasteiger charge is 2.74. The molecule has 1 fully saturated rings. The van der Waals surface area contributed by atoms with Crippen LogP contribution in [0.1, 0.15) is 32.8 Å². The number of halogens is 1. The van der Waals surface area contributed by atoms with Gasteiger partial charge >= 0.3 is 11.9 Å². The number of nitro benzene ring substituents is 1. The first kappa shape index (κ1) is 27.5. The molecule has 0 unspecified atom stereocenters. The van der Waals surface area contributed by atoms with Crippen LogP contribution in [0.15, 0.2) is 53.4 Å². The SMILES string of the molecule is CCOC(=O)C1(C(=O)OCC)C[C@@]2(Br)c3ccc([N+](=O)[O-])cc3N(S(=O)(=O)c3ccccc3)[C@H]2N1C(C)=O. The number of nitrogens with zero attached hydrogens (tertiary/aromatic N) is 3. The van der Waals surface area contributed by atoms with E-state index >= 15 is 0 Å². The predicted molar refractivity (Wildman–Crippen MR) is 137 cm³/mol. The third-order valence-electron chi connectivity index (χ3n) is 6.54. The van der Waals surface area contributed by atoms with E-state index in [4.69, 9.17) is 9.47 Å². The van der Waals surface area contributed by atoms with Crippen molar-refractivity contribution in [1.82, 2.24) is 4.90 Å². The number of carbonyl (C=O) groups is 3. The van der Waals surface area contributed by atoms with Gasteiger partial charge in [0.2, 0.25) is 11.4 Å². The minimum Gasteiger partial charge on any atom is -0.464 e. The van der Waals surface area contributed by atoms with Crippen molar-refractivity contribution in [3.05, 3.63) is 64.2 Å². The smallest absolute Gasteiger partial charge is 0.344 e. The number of fused-ring (bicyclic) bond motifs is 3. The lowest BCUT2D eigenvalue weighted by atomic mass is 9.88. The Morgan fingerprint density at radius 1 is 1.08 bits per heavy atom. The number of rotatable bonds is 7. The van der Waals surface area contributed by atoms with Crippen molar-refractivity contribution in [2.24, 2.45) is 0 Å². The van der Waals surface area contributed by atoms with E-state index in [0.717, 1.165) is 22.2 Å². The summed E-state index contributed by atoms with van der Waals surface area (Å²) < 4.78 is 37.9. The highest BCUT2D eigenvalue weighted by molar-refractivity contribution is 9.09. The minimum atomic E-state index is -4.50. The maximum Gasteiger partial charge on any atom is 0.344 e. The second-order valence-electron chi connectivity index (χ2n) is 8.68. The summed E-state index contributed by atoms with van der Waals surface area (Å²) in [6.07, 6.45) is -1.97. The highest BCUT2D eigenvalue weighted by Crippen LogP contribution is 2.62. The van der Waals surface area contributed by atoms with Crippen LogP contribution < -0.4 is 4.31 Å². The fourth-order valence-corrected chi connectivity index (χ4v) is 8.08. The van der Waals surface area contributed by atoms with Gasteiger partial charge in [0.15, 0.2) is 0 Å². The number of sulfonamides is 1. The maximum absolute atomic E-state index is 14.1. The van der Waals surface area contributed by atoms with E-state index in [1.807, 2.05) is 0 Å². The van der Waals surface area contributed by atoms with Crippen LogP contribution >= 0.6 is 15.9 Å². The van der Waals surface area contributed by atoms with E-state index in [1.165, 1.54) is 50.2 Å². The molecule has 1 saturated heterocycles. The van der Waals surface area contributed by atoms with Gasteiger partial charge in [0.1, 0.15) is 6.17 Å². The first-order valence-corrected chi connectivity index (χ1v) is 13.8. The number of esters is 2. The Morgan fingerprint density at radius 3 is 2.16 bits per heavy atom. The molecule has 2 heterocycles. The Bertz CT molecular complexity index is 1410. The van der Waals surface area contributed by atoms with Crippen molar-refractivity contribution in [1.29, 1.82) is 0 Å². The zero-order valence-electron chi connectivity index (χ0n) is 20.6. The van der Waals surface area contributed by atoms with Crippen LogP contribution in [-0.2, 0) is 38.2 Å². The lowest BCUT2D eigenvalue weighted by molar-refractivity contribution is -0.384. The molecular formula is C24H24BrN3O9S. The van der Waals surface area contributed by atoms with E-state index in [9.17, 15) is 32.9 Å².